The van der Waals surface area contributed by atoms with Crippen LogP contribution in [-0.2, 0) is 4.74 Å². The van der Waals surface area contributed by atoms with Crippen molar-refractivity contribution in [3.05, 3.63) is 18.3 Å². The molecule has 1 aliphatic rings. The van der Waals surface area contributed by atoms with Crippen molar-refractivity contribution in [3.63, 3.8) is 0 Å². The molecule has 0 unspecified atom stereocenters. The SMILES string of the molecule is CN(C(=O)OC(C)(C)C)[C@H]1CCC[C@H]1Oc1ccc(N)nc1. The van der Waals surface area contributed by atoms with Gasteiger partial charge in [0, 0.05) is 7.05 Å². The Morgan fingerprint density at radius 2 is 2.09 bits per heavy atom. The molecule has 1 aromatic heterocycles. The summed E-state index contributed by atoms with van der Waals surface area (Å²) in [6.45, 7) is 5.59. The van der Waals surface area contributed by atoms with Crippen LogP contribution in [0, 0.1) is 0 Å². The first-order valence-corrected chi connectivity index (χ1v) is 7.60. The zero-order chi connectivity index (χ0) is 16.3. The number of anilines is 1. The Morgan fingerprint density at radius 3 is 2.68 bits per heavy atom. The highest BCUT2D eigenvalue weighted by atomic mass is 16.6. The molecule has 1 amide bonds. The molecule has 1 saturated carbocycles. The fraction of sp³-hybridized carbons (Fsp3) is 0.625. The van der Waals surface area contributed by atoms with Crippen LogP contribution in [0.5, 0.6) is 5.75 Å². The number of rotatable bonds is 3. The number of hydrogen-bond acceptors (Lipinski definition) is 5. The van der Waals surface area contributed by atoms with Gasteiger partial charge in [-0.15, -0.1) is 0 Å². The maximum absolute atomic E-state index is 12.2. The molecule has 6 heteroatoms. The maximum Gasteiger partial charge on any atom is 0.410 e. The second kappa shape index (κ2) is 6.42. The van der Waals surface area contributed by atoms with Crippen LogP contribution in [0.1, 0.15) is 40.0 Å². The molecule has 0 spiro atoms. The van der Waals surface area contributed by atoms with Crippen LogP contribution in [-0.4, -0.2) is 40.8 Å². The summed E-state index contributed by atoms with van der Waals surface area (Å²) in [5, 5.41) is 0. The van der Waals surface area contributed by atoms with E-state index in [2.05, 4.69) is 4.98 Å². The zero-order valence-electron chi connectivity index (χ0n) is 13.7. The first-order valence-electron chi connectivity index (χ1n) is 7.60. The minimum atomic E-state index is -0.499. The minimum absolute atomic E-state index is 0.00685. The van der Waals surface area contributed by atoms with Crippen LogP contribution in [0.25, 0.3) is 0 Å². The summed E-state index contributed by atoms with van der Waals surface area (Å²) in [6.07, 6.45) is 4.07. The number of nitrogens with zero attached hydrogens (tertiary/aromatic N) is 2. The third kappa shape index (κ3) is 4.26. The van der Waals surface area contributed by atoms with Crippen molar-refractivity contribution in [1.82, 2.24) is 9.88 Å². The van der Waals surface area contributed by atoms with Crippen molar-refractivity contribution in [2.45, 2.75) is 57.8 Å². The standard InChI is InChI=1S/C16H25N3O3/c1-16(2,3)22-15(20)19(4)12-6-5-7-13(12)21-11-8-9-14(17)18-10-11/h8-10,12-13H,5-7H2,1-4H3,(H2,17,18)/t12-,13+/m0/s1. The lowest BCUT2D eigenvalue weighted by Crippen LogP contribution is -2.45. The predicted octanol–water partition coefficient (Wildman–Crippen LogP) is 2.83. The van der Waals surface area contributed by atoms with E-state index in [1.165, 1.54) is 0 Å². The van der Waals surface area contributed by atoms with Crippen molar-refractivity contribution in [2.75, 3.05) is 12.8 Å². The summed E-state index contributed by atoms with van der Waals surface area (Å²) in [6, 6.07) is 3.51. The number of nitrogens with two attached hydrogens (primary N) is 1. The van der Waals surface area contributed by atoms with Crippen LogP contribution < -0.4 is 10.5 Å². The molecule has 1 heterocycles. The molecular formula is C16H25N3O3. The molecule has 0 aromatic carbocycles. The van der Waals surface area contributed by atoms with Gasteiger partial charge in [0.1, 0.15) is 23.3 Å². The van der Waals surface area contributed by atoms with E-state index in [0.717, 1.165) is 19.3 Å². The number of amides is 1. The molecule has 0 saturated heterocycles. The molecule has 0 bridgehead atoms. The van der Waals surface area contributed by atoms with Crippen molar-refractivity contribution in [2.24, 2.45) is 0 Å². The monoisotopic (exact) mass is 307 g/mol. The van der Waals surface area contributed by atoms with Gasteiger partial charge < -0.3 is 20.1 Å². The van der Waals surface area contributed by atoms with Crippen molar-refractivity contribution >= 4 is 11.9 Å². The summed E-state index contributed by atoms with van der Waals surface area (Å²) < 4.78 is 11.4. The largest absolute Gasteiger partial charge is 0.487 e. The summed E-state index contributed by atoms with van der Waals surface area (Å²) in [5.74, 6) is 1.13. The molecule has 2 rings (SSSR count). The lowest BCUT2D eigenvalue weighted by atomic mass is 10.2. The third-order valence-corrected chi connectivity index (χ3v) is 3.64. The van der Waals surface area contributed by atoms with Gasteiger partial charge in [-0.2, -0.15) is 0 Å². The first kappa shape index (κ1) is 16.4. The number of nitrogen functional groups attached to an aromatic ring is 1. The Labute approximate surface area is 131 Å². The van der Waals surface area contributed by atoms with E-state index in [9.17, 15) is 4.79 Å². The first-order chi connectivity index (χ1) is 10.3. The molecule has 22 heavy (non-hydrogen) atoms. The lowest BCUT2D eigenvalue weighted by molar-refractivity contribution is 0.0115. The molecule has 2 N–H and O–H groups in total. The second-order valence-corrected chi connectivity index (χ2v) is 6.66. The minimum Gasteiger partial charge on any atom is -0.487 e. The summed E-state index contributed by atoms with van der Waals surface area (Å²) in [5.41, 5.74) is 5.07. The maximum atomic E-state index is 12.2. The van der Waals surface area contributed by atoms with Crippen LogP contribution in [0.15, 0.2) is 18.3 Å². The average Bonchev–Trinajstić information content (AvgIpc) is 2.86. The molecule has 1 aliphatic carbocycles. The third-order valence-electron chi connectivity index (χ3n) is 3.64. The Hall–Kier alpha value is -1.98. The number of pyridine rings is 1. The molecule has 0 aliphatic heterocycles. The molecule has 6 nitrogen and oxygen atoms in total. The Morgan fingerprint density at radius 1 is 1.36 bits per heavy atom. The van der Waals surface area contributed by atoms with Gasteiger partial charge in [0.2, 0.25) is 0 Å². The second-order valence-electron chi connectivity index (χ2n) is 6.66. The van der Waals surface area contributed by atoms with Gasteiger partial charge in [-0.05, 0) is 52.2 Å². The Kier molecular flexibility index (Phi) is 4.78. The number of carbonyl (C=O) groups is 1. The van der Waals surface area contributed by atoms with Gasteiger partial charge in [0.05, 0.1) is 12.2 Å². The number of carbonyl (C=O) groups excluding carboxylic acids is 1. The van der Waals surface area contributed by atoms with Crippen LogP contribution in [0.3, 0.4) is 0 Å². The van der Waals surface area contributed by atoms with E-state index >= 15 is 0 Å². The molecule has 1 aromatic rings. The molecule has 0 radical (unpaired) electrons. The highest BCUT2D eigenvalue weighted by Crippen LogP contribution is 2.28. The lowest BCUT2D eigenvalue weighted by Gasteiger charge is -2.31. The number of hydrogen-bond donors (Lipinski definition) is 1. The van der Waals surface area contributed by atoms with Gasteiger partial charge in [0.15, 0.2) is 0 Å². The van der Waals surface area contributed by atoms with E-state index in [4.69, 9.17) is 15.2 Å². The molecule has 122 valence electrons. The van der Waals surface area contributed by atoms with Crippen LogP contribution in [0.2, 0.25) is 0 Å². The Balaban J connectivity index is 2.00. The summed E-state index contributed by atoms with van der Waals surface area (Å²) in [4.78, 5) is 17.9. The predicted molar refractivity (Wildman–Crippen MR) is 84.7 cm³/mol. The highest BCUT2D eigenvalue weighted by Gasteiger charge is 2.36. The van der Waals surface area contributed by atoms with E-state index in [1.807, 2.05) is 20.8 Å². The van der Waals surface area contributed by atoms with Gasteiger partial charge >= 0.3 is 6.09 Å². The fourth-order valence-corrected chi connectivity index (χ4v) is 2.59. The highest BCUT2D eigenvalue weighted by molar-refractivity contribution is 5.68. The zero-order valence-corrected chi connectivity index (χ0v) is 13.7. The van der Waals surface area contributed by atoms with Crippen molar-refractivity contribution < 1.29 is 14.3 Å². The van der Waals surface area contributed by atoms with Crippen LogP contribution >= 0.6 is 0 Å². The molecular weight excluding hydrogens is 282 g/mol. The molecule has 1 fully saturated rings. The number of likely N-dealkylation sites (N-methyl/N-ethyl adjacent to an activating group) is 1. The van der Waals surface area contributed by atoms with E-state index in [1.54, 1.807) is 30.3 Å². The Bertz CT molecular complexity index is 510. The van der Waals surface area contributed by atoms with E-state index < -0.39 is 5.60 Å². The number of aromatic nitrogens is 1. The topological polar surface area (TPSA) is 77.7 Å². The van der Waals surface area contributed by atoms with Gasteiger partial charge in [-0.3, -0.25) is 0 Å². The summed E-state index contributed by atoms with van der Waals surface area (Å²) in [7, 11) is 1.77. The van der Waals surface area contributed by atoms with E-state index in [-0.39, 0.29) is 18.2 Å². The van der Waals surface area contributed by atoms with Crippen molar-refractivity contribution in [1.29, 1.82) is 0 Å². The normalized spacial score (nSPS) is 21.5. The summed E-state index contributed by atoms with van der Waals surface area (Å²) >= 11 is 0. The number of ether oxygens (including phenoxy) is 2. The van der Waals surface area contributed by atoms with Gasteiger partial charge in [-0.25, -0.2) is 9.78 Å². The van der Waals surface area contributed by atoms with Crippen LogP contribution in [0.4, 0.5) is 10.6 Å². The average molecular weight is 307 g/mol. The fourth-order valence-electron chi connectivity index (χ4n) is 2.59. The van der Waals surface area contributed by atoms with Gasteiger partial charge in [0.25, 0.3) is 0 Å². The molecule has 2 atom stereocenters. The van der Waals surface area contributed by atoms with Gasteiger partial charge in [-0.1, -0.05) is 0 Å². The van der Waals surface area contributed by atoms with Crippen molar-refractivity contribution in [3.8, 4) is 5.75 Å². The smallest absolute Gasteiger partial charge is 0.410 e. The quantitative estimate of drug-likeness (QED) is 0.929. The van der Waals surface area contributed by atoms with E-state index in [0.29, 0.717) is 11.6 Å².